The van der Waals surface area contributed by atoms with Gasteiger partial charge in [-0.05, 0) is 23.6 Å². The topological polar surface area (TPSA) is 49.9 Å². The Morgan fingerprint density at radius 2 is 2.00 bits per heavy atom. The molecule has 3 rings (SSSR count). The molecule has 0 radical (unpaired) electrons. The van der Waals surface area contributed by atoms with Crippen LogP contribution in [0.15, 0.2) is 57.3 Å². The van der Waals surface area contributed by atoms with Crippen molar-refractivity contribution < 1.29 is 5.11 Å². The molecule has 0 bridgehead atoms. The van der Waals surface area contributed by atoms with Crippen molar-refractivity contribution in [2.24, 2.45) is 10.1 Å². The van der Waals surface area contributed by atoms with E-state index in [1.807, 2.05) is 29.0 Å². The Balaban J connectivity index is 2.06. The zero-order chi connectivity index (χ0) is 14.7. The first-order valence-electron chi connectivity index (χ1n) is 6.29. The summed E-state index contributed by atoms with van der Waals surface area (Å²) in [6.07, 6.45) is 1.65. The largest absolute Gasteiger partial charge is 0.507 e. The molecule has 2 aromatic heterocycles. The third-order valence-corrected chi connectivity index (χ3v) is 4.70. The van der Waals surface area contributed by atoms with E-state index in [0.717, 1.165) is 15.4 Å². The third kappa shape index (κ3) is 2.81. The molecular formula is C15H13N3OS2. The highest BCUT2D eigenvalue weighted by atomic mass is 32.1. The van der Waals surface area contributed by atoms with Gasteiger partial charge < -0.3 is 5.11 Å². The van der Waals surface area contributed by atoms with Crippen molar-refractivity contribution in [3.05, 3.63) is 57.5 Å². The molecule has 0 aliphatic rings. The van der Waals surface area contributed by atoms with Crippen LogP contribution >= 0.6 is 22.7 Å². The highest BCUT2D eigenvalue weighted by Gasteiger charge is 2.07. The monoisotopic (exact) mass is 315 g/mol. The first-order valence-corrected chi connectivity index (χ1v) is 8.05. The van der Waals surface area contributed by atoms with Crippen LogP contribution in [0.5, 0.6) is 5.75 Å². The van der Waals surface area contributed by atoms with Gasteiger partial charge in [-0.3, -0.25) is 4.99 Å². The van der Waals surface area contributed by atoms with Gasteiger partial charge in [0.15, 0.2) is 0 Å². The molecule has 0 atom stereocenters. The molecule has 0 aliphatic carbocycles. The lowest BCUT2D eigenvalue weighted by atomic mass is 10.2. The summed E-state index contributed by atoms with van der Waals surface area (Å²) in [5, 5.41) is 18.4. The van der Waals surface area contributed by atoms with E-state index in [1.165, 1.54) is 0 Å². The molecule has 0 saturated carbocycles. The van der Waals surface area contributed by atoms with E-state index >= 15 is 0 Å². The summed E-state index contributed by atoms with van der Waals surface area (Å²) in [5.74, 6) is 0.213. The average Bonchev–Trinajstić information content (AvgIpc) is 3.15. The molecule has 0 spiro atoms. The molecule has 3 aromatic rings. The Labute approximate surface area is 130 Å². The number of phenolic OH excluding ortho intramolecular Hbond substituents is 1. The number of aromatic hydroxyl groups is 1. The first-order chi connectivity index (χ1) is 10.3. The Morgan fingerprint density at radius 3 is 2.71 bits per heavy atom. The third-order valence-electron chi connectivity index (χ3n) is 2.90. The summed E-state index contributed by atoms with van der Waals surface area (Å²) < 4.78 is 1.79. The fraction of sp³-hybridized carbons (Fsp3) is 0.0667. The number of thiazole rings is 1. The maximum absolute atomic E-state index is 9.80. The van der Waals surface area contributed by atoms with Gasteiger partial charge in [-0.2, -0.15) is 5.10 Å². The van der Waals surface area contributed by atoms with Gasteiger partial charge in [0.25, 0.3) is 0 Å². The summed E-state index contributed by atoms with van der Waals surface area (Å²) in [6.45, 7) is 0. The minimum atomic E-state index is 0.213. The minimum Gasteiger partial charge on any atom is -0.507 e. The minimum absolute atomic E-state index is 0.213. The van der Waals surface area contributed by atoms with E-state index in [0.29, 0.717) is 5.56 Å². The van der Waals surface area contributed by atoms with Crippen molar-refractivity contribution in [3.63, 3.8) is 0 Å². The number of rotatable bonds is 3. The lowest BCUT2D eigenvalue weighted by molar-refractivity contribution is 0.474. The van der Waals surface area contributed by atoms with Crippen molar-refractivity contribution in [1.29, 1.82) is 0 Å². The predicted octanol–water partition coefficient (Wildman–Crippen LogP) is 3.40. The summed E-state index contributed by atoms with van der Waals surface area (Å²) in [7, 11) is 1.75. The standard InChI is InChI=1S/C15H13N3OS2/c1-16-15-18(12(10-21-15)14-7-4-8-20-14)17-9-11-5-2-3-6-13(11)19/h2-10,19H,1H3/b16-15?,17-9+. The number of aromatic nitrogens is 1. The molecule has 2 heterocycles. The molecule has 0 saturated heterocycles. The van der Waals surface area contributed by atoms with Crippen LogP contribution in [0.2, 0.25) is 0 Å². The number of hydrogen-bond donors (Lipinski definition) is 1. The van der Waals surface area contributed by atoms with E-state index in [-0.39, 0.29) is 5.75 Å². The van der Waals surface area contributed by atoms with Crippen LogP contribution in [0.3, 0.4) is 0 Å². The van der Waals surface area contributed by atoms with Gasteiger partial charge in [-0.25, -0.2) is 4.68 Å². The number of benzene rings is 1. The van der Waals surface area contributed by atoms with Crippen LogP contribution in [0.1, 0.15) is 5.56 Å². The zero-order valence-electron chi connectivity index (χ0n) is 11.3. The van der Waals surface area contributed by atoms with Crippen LogP contribution in [-0.2, 0) is 0 Å². The SMILES string of the molecule is CN=c1scc(-c2cccs2)n1/N=C/c1ccccc1O. The molecule has 0 aliphatic heterocycles. The van der Waals surface area contributed by atoms with Crippen LogP contribution in [0.4, 0.5) is 0 Å². The lowest BCUT2D eigenvalue weighted by Crippen LogP contribution is -2.11. The maximum atomic E-state index is 9.80. The smallest absolute Gasteiger partial charge is 0.205 e. The molecule has 6 heteroatoms. The summed E-state index contributed by atoms with van der Waals surface area (Å²) in [4.78, 5) is 6.19. The Kier molecular flexibility index (Phi) is 3.98. The van der Waals surface area contributed by atoms with Gasteiger partial charge in [-0.1, -0.05) is 18.2 Å². The molecule has 1 aromatic carbocycles. The summed E-state index contributed by atoms with van der Waals surface area (Å²) in [5.41, 5.74) is 1.68. The fourth-order valence-electron chi connectivity index (χ4n) is 1.87. The molecule has 106 valence electrons. The normalized spacial score (nSPS) is 12.3. The Morgan fingerprint density at radius 1 is 1.14 bits per heavy atom. The van der Waals surface area contributed by atoms with Crippen molar-refractivity contribution in [3.8, 4) is 16.3 Å². The number of nitrogens with zero attached hydrogens (tertiary/aromatic N) is 3. The summed E-state index contributed by atoms with van der Waals surface area (Å²) >= 11 is 3.20. The van der Waals surface area contributed by atoms with E-state index in [1.54, 1.807) is 52.7 Å². The second-order valence-electron chi connectivity index (χ2n) is 4.22. The fourth-order valence-corrected chi connectivity index (χ4v) is 3.47. The van der Waals surface area contributed by atoms with Crippen molar-refractivity contribution in [2.45, 2.75) is 0 Å². The Hall–Kier alpha value is -2.18. The average molecular weight is 315 g/mol. The van der Waals surface area contributed by atoms with Crippen LogP contribution in [0.25, 0.3) is 10.6 Å². The van der Waals surface area contributed by atoms with Gasteiger partial charge in [0.2, 0.25) is 4.80 Å². The molecule has 0 unspecified atom stereocenters. The number of phenols is 1. The molecule has 0 fully saturated rings. The quantitative estimate of drug-likeness (QED) is 0.740. The van der Waals surface area contributed by atoms with E-state index in [4.69, 9.17) is 0 Å². The molecular weight excluding hydrogens is 302 g/mol. The molecule has 1 N–H and O–H groups in total. The highest BCUT2D eigenvalue weighted by molar-refractivity contribution is 7.14. The lowest BCUT2D eigenvalue weighted by Gasteiger charge is -2.01. The van der Waals surface area contributed by atoms with Crippen molar-refractivity contribution >= 4 is 28.9 Å². The van der Waals surface area contributed by atoms with Gasteiger partial charge in [0.05, 0.1) is 16.8 Å². The Bertz CT molecular complexity index is 829. The van der Waals surface area contributed by atoms with Crippen molar-refractivity contribution in [1.82, 2.24) is 4.68 Å². The second kappa shape index (κ2) is 6.07. The molecule has 0 amide bonds. The van der Waals surface area contributed by atoms with Gasteiger partial charge in [0, 0.05) is 18.0 Å². The van der Waals surface area contributed by atoms with E-state index in [2.05, 4.69) is 16.2 Å². The maximum Gasteiger partial charge on any atom is 0.205 e. The van der Waals surface area contributed by atoms with Gasteiger partial charge in [-0.15, -0.1) is 22.7 Å². The van der Waals surface area contributed by atoms with Gasteiger partial charge in [0.1, 0.15) is 5.75 Å². The van der Waals surface area contributed by atoms with Crippen LogP contribution in [0, 0.1) is 0 Å². The van der Waals surface area contributed by atoms with Crippen molar-refractivity contribution in [2.75, 3.05) is 7.05 Å². The second-order valence-corrected chi connectivity index (χ2v) is 6.00. The first kappa shape index (κ1) is 13.8. The van der Waals surface area contributed by atoms with E-state index in [9.17, 15) is 5.11 Å². The number of hydrogen-bond acceptors (Lipinski definition) is 5. The number of para-hydroxylation sites is 1. The van der Waals surface area contributed by atoms with Gasteiger partial charge >= 0.3 is 0 Å². The number of thiophene rings is 1. The predicted molar refractivity (Wildman–Crippen MR) is 88.2 cm³/mol. The van der Waals surface area contributed by atoms with E-state index < -0.39 is 0 Å². The summed E-state index contributed by atoms with van der Waals surface area (Å²) in [6, 6.07) is 11.2. The zero-order valence-corrected chi connectivity index (χ0v) is 12.9. The highest BCUT2D eigenvalue weighted by Crippen LogP contribution is 2.25. The van der Waals surface area contributed by atoms with Crippen LogP contribution in [-0.4, -0.2) is 23.0 Å². The molecule has 4 nitrogen and oxygen atoms in total. The van der Waals surface area contributed by atoms with Crippen LogP contribution < -0.4 is 4.80 Å². The molecule has 21 heavy (non-hydrogen) atoms.